The van der Waals surface area contributed by atoms with Gasteiger partial charge >= 0.3 is 12.0 Å². The van der Waals surface area contributed by atoms with Gasteiger partial charge in [-0.2, -0.15) is 0 Å². The molecule has 1 unspecified atom stereocenters. The summed E-state index contributed by atoms with van der Waals surface area (Å²) in [5, 5.41) is 4.67. The van der Waals surface area contributed by atoms with Crippen molar-refractivity contribution in [3.63, 3.8) is 0 Å². The number of anilines is 1. The van der Waals surface area contributed by atoms with Gasteiger partial charge in [0.25, 0.3) is 11.8 Å². The van der Waals surface area contributed by atoms with Crippen molar-refractivity contribution in [2.45, 2.75) is 39.3 Å². The van der Waals surface area contributed by atoms with Crippen molar-refractivity contribution in [3.8, 4) is 5.75 Å². The van der Waals surface area contributed by atoms with Crippen LogP contribution in [0.15, 0.2) is 24.3 Å². The van der Waals surface area contributed by atoms with Crippen LogP contribution in [0.5, 0.6) is 5.75 Å². The lowest BCUT2D eigenvalue weighted by atomic mass is 10.1. The van der Waals surface area contributed by atoms with E-state index in [1.165, 1.54) is 11.8 Å². The van der Waals surface area contributed by atoms with Gasteiger partial charge in [-0.05, 0) is 39.8 Å². The summed E-state index contributed by atoms with van der Waals surface area (Å²) in [4.78, 5) is 49.1. The van der Waals surface area contributed by atoms with Crippen LogP contribution in [-0.4, -0.2) is 48.6 Å². The Kier molecular flexibility index (Phi) is 6.04. The van der Waals surface area contributed by atoms with E-state index in [1.807, 2.05) is 0 Å². The van der Waals surface area contributed by atoms with Gasteiger partial charge in [0.15, 0.2) is 12.7 Å². The molecule has 146 valence electrons. The molecule has 0 fully saturated rings. The highest BCUT2D eigenvalue weighted by molar-refractivity contribution is 6.02. The third-order valence-corrected chi connectivity index (χ3v) is 3.50. The van der Waals surface area contributed by atoms with E-state index in [0.717, 1.165) is 0 Å². The molecule has 4 amide bonds. The minimum absolute atomic E-state index is 0.187. The molecule has 0 saturated carbocycles. The summed E-state index contributed by atoms with van der Waals surface area (Å²) in [5.74, 6) is -1.46. The molecule has 1 atom stereocenters. The Balaban J connectivity index is 1.92. The summed E-state index contributed by atoms with van der Waals surface area (Å²) in [5.41, 5.74) is -0.0682. The molecule has 1 aromatic rings. The Morgan fingerprint density at radius 2 is 1.93 bits per heavy atom. The first kappa shape index (κ1) is 20.2. The molecule has 0 radical (unpaired) electrons. The molecular weight excluding hydrogens is 354 g/mol. The Morgan fingerprint density at radius 3 is 2.59 bits per heavy atom. The number of carbonyl (C=O) groups excluding carboxylic acids is 4. The Morgan fingerprint density at radius 1 is 1.26 bits per heavy atom. The maximum atomic E-state index is 12.2. The van der Waals surface area contributed by atoms with E-state index in [2.05, 4.69) is 10.6 Å². The molecule has 9 nitrogen and oxygen atoms in total. The third-order valence-electron chi connectivity index (χ3n) is 3.50. The second-order valence-corrected chi connectivity index (χ2v) is 7.06. The van der Waals surface area contributed by atoms with E-state index in [-0.39, 0.29) is 13.2 Å². The molecule has 9 heteroatoms. The molecule has 0 spiro atoms. The zero-order valence-electron chi connectivity index (χ0n) is 15.7. The van der Waals surface area contributed by atoms with Gasteiger partial charge < -0.3 is 14.8 Å². The van der Waals surface area contributed by atoms with Gasteiger partial charge in [-0.1, -0.05) is 12.1 Å². The first-order valence-electron chi connectivity index (χ1n) is 8.41. The normalized spacial score (nSPS) is 14.5. The van der Waals surface area contributed by atoms with E-state index in [9.17, 15) is 19.2 Å². The van der Waals surface area contributed by atoms with Crippen molar-refractivity contribution in [2.75, 3.05) is 18.1 Å². The molecule has 0 aliphatic carbocycles. The van der Waals surface area contributed by atoms with Gasteiger partial charge in [-0.25, -0.2) is 4.79 Å². The molecule has 2 N–H and O–H groups in total. The molecule has 1 aliphatic rings. The van der Waals surface area contributed by atoms with Crippen molar-refractivity contribution >= 4 is 29.5 Å². The van der Waals surface area contributed by atoms with Crippen molar-refractivity contribution in [1.82, 2.24) is 10.6 Å². The molecule has 0 bridgehead atoms. The van der Waals surface area contributed by atoms with E-state index in [0.29, 0.717) is 11.4 Å². The van der Waals surface area contributed by atoms with Gasteiger partial charge in [0.05, 0.1) is 5.69 Å². The van der Waals surface area contributed by atoms with Gasteiger partial charge in [0.1, 0.15) is 12.3 Å². The highest BCUT2D eigenvalue weighted by Gasteiger charge is 2.29. The summed E-state index contributed by atoms with van der Waals surface area (Å²) < 4.78 is 10.3. The smallest absolute Gasteiger partial charge is 0.326 e. The van der Waals surface area contributed by atoms with Gasteiger partial charge in [0.2, 0.25) is 0 Å². The number of rotatable bonds is 4. The molecule has 1 aliphatic heterocycles. The number of hydrogen-bond acceptors (Lipinski definition) is 6. The maximum absolute atomic E-state index is 12.2. The largest absolute Gasteiger partial charge is 0.482 e. The average molecular weight is 377 g/mol. The summed E-state index contributed by atoms with van der Waals surface area (Å²) >= 11 is 0. The number of nitrogens with zero attached hydrogens (tertiary/aromatic N) is 1. The van der Waals surface area contributed by atoms with Crippen molar-refractivity contribution in [2.24, 2.45) is 0 Å². The van der Waals surface area contributed by atoms with Crippen LogP contribution >= 0.6 is 0 Å². The maximum Gasteiger partial charge on any atom is 0.326 e. The Labute approximate surface area is 157 Å². The van der Waals surface area contributed by atoms with E-state index < -0.39 is 35.5 Å². The number of amides is 4. The molecule has 1 heterocycles. The number of para-hydroxylation sites is 2. The fourth-order valence-corrected chi connectivity index (χ4v) is 2.33. The number of carbonyl (C=O) groups is 4. The van der Waals surface area contributed by atoms with Gasteiger partial charge in [-0.3, -0.25) is 24.6 Å². The van der Waals surface area contributed by atoms with Crippen LogP contribution in [0.1, 0.15) is 27.7 Å². The molecule has 27 heavy (non-hydrogen) atoms. The van der Waals surface area contributed by atoms with Crippen molar-refractivity contribution in [3.05, 3.63) is 24.3 Å². The number of imide groups is 1. The fraction of sp³-hybridized carbons (Fsp3) is 0.444. The van der Waals surface area contributed by atoms with Crippen LogP contribution in [0.3, 0.4) is 0 Å². The Hall–Kier alpha value is -3.10. The second-order valence-electron chi connectivity index (χ2n) is 7.06. The van der Waals surface area contributed by atoms with Crippen LogP contribution in [0.4, 0.5) is 10.5 Å². The molecule has 0 aromatic heterocycles. The highest BCUT2D eigenvalue weighted by Crippen LogP contribution is 2.31. The lowest BCUT2D eigenvalue weighted by Crippen LogP contribution is -2.51. The Bertz CT molecular complexity index is 756. The van der Waals surface area contributed by atoms with Crippen LogP contribution in [-0.2, 0) is 19.1 Å². The third kappa shape index (κ3) is 5.70. The van der Waals surface area contributed by atoms with Crippen LogP contribution in [0.25, 0.3) is 0 Å². The summed E-state index contributed by atoms with van der Waals surface area (Å²) in [6.45, 7) is 6.07. The topological polar surface area (TPSA) is 114 Å². The number of hydrogen-bond donors (Lipinski definition) is 2. The number of ether oxygens (including phenoxy) is 2. The lowest BCUT2D eigenvalue weighted by Gasteiger charge is -2.28. The lowest BCUT2D eigenvalue weighted by molar-refractivity contribution is -0.153. The first-order valence-corrected chi connectivity index (χ1v) is 8.41. The zero-order chi connectivity index (χ0) is 20.2. The summed E-state index contributed by atoms with van der Waals surface area (Å²) in [7, 11) is 0. The van der Waals surface area contributed by atoms with E-state index in [4.69, 9.17) is 9.47 Å². The van der Waals surface area contributed by atoms with Gasteiger partial charge in [0, 0.05) is 5.54 Å². The first-order chi connectivity index (χ1) is 12.6. The summed E-state index contributed by atoms with van der Waals surface area (Å²) in [6, 6.07) is 6.10. The van der Waals surface area contributed by atoms with E-state index >= 15 is 0 Å². The van der Waals surface area contributed by atoms with Crippen LogP contribution in [0, 0.1) is 0 Å². The van der Waals surface area contributed by atoms with E-state index in [1.54, 1.807) is 45.0 Å². The molecule has 1 aromatic carbocycles. The zero-order valence-corrected chi connectivity index (χ0v) is 15.7. The summed E-state index contributed by atoms with van der Waals surface area (Å²) in [6.07, 6.45) is -1.20. The van der Waals surface area contributed by atoms with Crippen molar-refractivity contribution < 1.29 is 28.7 Å². The second kappa shape index (κ2) is 8.07. The molecule has 0 saturated heterocycles. The predicted octanol–water partition coefficient (Wildman–Crippen LogP) is 0.968. The average Bonchev–Trinajstić information content (AvgIpc) is 2.55. The minimum Gasteiger partial charge on any atom is -0.482 e. The van der Waals surface area contributed by atoms with Crippen LogP contribution < -0.4 is 20.3 Å². The molecular formula is C18H23N3O6. The minimum atomic E-state index is -1.20. The SMILES string of the molecule is CC(OC(=O)CN1C(=O)COc2ccccc21)C(=O)NC(=O)NC(C)(C)C. The fourth-order valence-electron chi connectivity index (χ4n) is 2.33. The monoisotopic (exact) mass is 377 g/mol. The molecule has 2 rings (SSSR count). The number of fused-ring (bicyclic) bond motifs is 1. The number of nitrogens with one attached hydrogen (secondary N) is 2. The highest BCUT2D eigenvalue weighted by atomic mass is 16.5. The van der Waals surface area contributed by atoms with Gasteiger partial charge in [-0.15, -0.1) is 0 Å². The number of esters is 1. The standard InChI is InChI=1S/C18H23N3O6/c1-11(16(24)19-17(25)20-18(2,3)4)27-15(23)9-21-12-7-5-6-8-13(12)26-10-14(21)22/h5-8,11H,9-10H2,1-4H3,(H2,19,20,24,25). The van der Waals surface area contributed by atoms with Crippen molar-refractivity contribution in [1.29, 1.82) is 0 Å². The number of benzene rings is 1. The predicted molar refractivity (Wildman–Crippen MR) is 96.3 cm³/mol. The number of urea groups is 1. The van der Waals surface area contributed by atoms with Crippen LogP contribution in [0.2, 0.25) is 0 Å². The quantitative estimate of drug-likeness (QED) is 0.756.